The third kappa shape index (κ3) is 6.84. The highest BCUT2D eigenvalue weighted by Crippen LogP contribution is 2.29. The predicted octanol–water partition coefficient (Wildman–Crippen LogP) is 3.33. The molecule has 0 aromatic rings. The summed E-state index contributed by atoms with van der Waals surface area (Å²) >= 11 is 0.0391. The van der Waals surface area contributed by atoms with E-state index in [1.807, 2.05) is 0 Å². The van der Waals surface area contributed by atoms with Crippen molar-refractivity contribution in [2.75, 3.05) is 18.8 Å². The topological polar surface area (TPSA) is 12.0 Å². The Morgan fingerprint density at radius 2 is 2.13 bits per heavy atom. The van der Waals surface area contributed by atoms with Gasteiger partial charge in [-0.1, -0.05) is 11.6 Å². The molecule has 0 aromatic carbocycles. The van der Waals surface area contributed by atoms with Gasteiger partial charge in [-0.3, -0.25) is 0 Å². The van der Waals surface area contributed by atoms with Gasteiger partial charge in [0.15, 0.2) is 0 Å². The lowest BCUT2D eigenvalue weighted by Crippen LogP contribution is -2.20. The minimum atomic E-state index is -4.09. The van der Waals surface area contributed by atoms with Crippen LogP contribution in [0.25, 0.3) is 0 Å². The number of thioether (sulfide) groups is 1. The summed E-state index contributed by atoms with van der Waals surface area (Å²) in [5.74, 6) is 0.0997. The third-order valence-electron chi connectivity index (χ3n) is 2.30. The molecule has 1 aliphatic carbocycles. The van der Waals surface area contributed by atoms with Crippen LogP contribution in [-0.4, -0.2) is 24.4 Å². The Balaban J connectivity index is 1.89. The lowest BCUT2D eigenvalue weighted by Gasteiger charge is -2.07. The first kappa shape index (κ1) is 12.9. The molecule has 1 aliphatic rings. The fourth-order valence-corrected chi connectivity index (χ4v) is 2.06. The zero-order valence-electron chi connectivity index (χ0n) is 8.57. The van der Waals surface area contributed by atoms with E-state index in [4.69, 9.17) is 0 Å². The van der Waals surface area contributed by atoms with Crippen LogP contribution in [-0.2, 0) is 0 Å². The Morgan fingerprint density at radius 3 is 2.73 bits per heavy atom. The zero-order valence-corrected chi connectivity index (χ0v) is 9.39. The number of nitrogens with one attached hydrogen (secondary N) is 1. The van der Waals surface area contributed by atoms with Crippen LogP contribution in [0.3, 0.4) is 0 Å². The highest BCUT2D eigenvalue weighted by Gasteiger charge is 2.27. The molecule has 1 N–H and O–H groups in total. The van der Waals surface area contributed by atoms with Gasteiger partial charge in [0.05, 0.1) is 0 Å². The first-order chi connectivity index (χ1) is 7.08. The van der Waals surface area contributed by atoms with Gasteiger partial charge in [-0.05, 0) is 44.0 Å². The molecule has 0 unspecified atom stereocenters. The smallest absolute Gasteiger partial charge is 0.316 e. The highest BCUT2D eigenvalue weighted by molar-refractivity contribution is 8.00. The molecule has 0 atom stereocenters. The molecule has 0 fully saturated rings. The van der Waals surface area contributed by atoms with E-state index in [0.29, 0.717) is 6.54 Å². The summed E-state index contributed by atoms with van der Waals surface area (Å²) in [4.78, 5) is 0. The molecule has 0 aromatic heterocycles. The van der Waals surface area contributed by atoms with Crippen LogP contribution in [0.1, 0.15) is 25.7 Å². The summed E-state index contributed by atoms with van der Waals surface area (Å²) in [5.41, 5.74) is -2.64. The molecule has 0 saturated carbocycles. The van der Waals surface area contributed by atoms with Crippen molar-refractivity contribution in [3.8, 4) is 0 Å². The third-order valence-corrected chi connectivity index (χ3v) is 3.04. The molecule has 0 amide bonds. The molecular weight excluding hydrogens is 223 g/mol. The van der Waals surface area contributed by atoms with Gasteiger partial charge in [0, 0.05) is 12.3 Å². The molecule has 0 heterocycles. The Hall–Kier alpha value is -0.160. The molecule has 0 saturated heterocycles. The second-order valence-corrected chi connectivity index (χ2v) is 4.71. The minimum absolute atomic E-state index is 0.0391. The van der Waals surface area contributed by atoms with Crippen molar-refractivity contribution in [3.63, 3.8) is 0 Å². The highest BCUT2D eigenvalue weighted by atomic mass is 32.2. The van der Waals surface area contributed by atoms with Crippen molar-refractivity contribution >= 4 is 11.8 Å². The van der Waals surface area contributed by atoms with E-state index in [1.54, 1.807) is 0 Å². The molecule has 88 valence electrons. The predicted molar refractivity (Wildman–Crippen MR) is 57.9 cm³/mol. The van der Waals surface area contributed by atoms with Crippen LogP contribution >= 0.6 is 11.8 Å². The summed E-state index contributed by atoms with van der Waals surface area (Å²) in [7, 11) is 0. The van der Waals surface area contributed by atoms with Crippen LogP contribution in [0.4, 0.5) is 13.2 Å². The van der Waals surface area contributed by atoms with Crippen LogP contribution in [0.5, 0.6) is 0 Å². The molecule has 1 nitrogen and oxygen atoms in total. The maximum absolute atomic E-state index is 11.7. The quantitative estimate of drug-likeness (QED) is 0.563. The molecule has 0 spiro atoms. The largest absolute Gasteiger partial charge is 0.441 e. The first-order valence-corrected chi connectivity index (χ1v) is 6.16. The van der Waals surface area contributed by atoms with Gasteiger partial charge in [0.2, 0.25) is 0 Å². The van der Waals surface area contributed by atoms with Gasteiger partial charge in [-0.15, -0.1) is 0 Å². The Morgan fingerprint density at radius 1 is 1.33 bits per heavy atom. The average molecular weight is 239 g/mol. The van der Waals surface area contributed by atoms with E-state index < -0.39 is 5.51 Å². The van der Waals surface area contributed by atoms with Crippen molar-refractivity contribution < 1.29 is 13.2 Å². The van der Waals surface area contributed by atoms with Gasteiger partial charge < -0.3 is 5.32 Å². The van der Waals surface area contributed by atoms with Crippen LogP contribution in [0.15, 0.2) is 11.6 Å². The van der Waals surface area contributed by atoms with Gasteiger partial charge >= 0.3 is 5.51 Å². The van der Waals surface area contributed by atoms with E-state index in [0.717, 1.165) is 13.0 Å². The van der Waals surface area contributed by atoms with Crippen molar-refractivity contribution in [3.05, 3.63) is 11.6 Å². The molecule has 0 radical (unpaired) electrons. The summed E-state index contributed by atoms with van der Waals surface area (Å²) in [6.45, 7) is 1.22. The number of hydrogen-bond acceptors (Lipinski definition) is 2. The van der Waals surface area contributed by atoms with Crippen LogP contribution < -0.4 is 5.32 Å². The summed E-state index contributed by atoms with van der Waals surface area (Å²) in [6.07, 6.45) is 6.79. The minimum Gasteiger partial charge on any atom is -0.316 e. The van der Waals surface area contributed by atoms with E-state index in [1.165, 1.54) is 24.8 Å². The summed E-state index contributed by atoms with van der Waals surface area (Å²) < 4.78 is 35.2. The Kier molecular flexibility index (Phi) is 5.53. The molecule has 1 rings (SSSR count). The fraction of sp³-hybridized carbons (Fsp3) is 0.800. The van der Waals surface area contributed by atoms with Gasteiger partial charge in [-0.2, -0.15) is 13.2 Å². The van der Waals surface area contributed by atoms with E-state index >= 15 is 0 Å². The summed E-state index contributed by atoms with van der Waals surface area (Å²) in [5, 5.41) is 3.02. The van der Waals surface area contributed by atoms with Crippen LogP contribution in [0, 0.1) is 0 Å². The second-order valence-electron chi connectivity index (χ2n) is 3.55. The van der Waals surface area contributed by atoms with Gasteiger partial charge in [-0.25, -0.2) is 0 Å². The first-order valence-electron chi connectivity index (χ1n) is 5.17. The lowest BCUT2D eigenvalue weighted by molar-refractivity contribution is -0.0327. The molecule has 5 heteroatoms. The Labute approximate surface area is 92.5 Å². The summed E-state index contributed by atoms with van der Waals surface area (Å²) in [6, 6.07) is 0. The fourth-order valence-electron chi connectivity index (χ4n) is 1.58. The van der Waals surface area contributed by atoms with Crippen molar-refractivity contribution in [1.29, 1.82) is 0 Å². The maximum Gasteiger partial charge on any atom is 0.441 e. The number of alkyl halides is 3. The molecular formula is C10H16F3NS. The lowest BCUT2D eigenvalue weighted by atomic mass is 10.2. The molecule has 0 aliphatic heterocycles. The average Bonchev–Trinajstić information content (AvgIpc) is 2.61. The molecule has 15 heavy (non-hydrogen) atoms. The number of halogens is 3. The zero-order chi connectivity index (χ0) is 11.1. The van der Waals surface area contributed by atoms with E-state index in [9.17, 15) is 13.2 Å². The monoisotopic (exact) mass is 239 g/mol. The van der Waals surface area contributed by atoms with Crippen molar-refractivity contribution in [1.82, 2.24) is 5.32 Å². The Bertz CT molecular complexity index is 213. The number of allylic oxidation sites excluding steroid dienone is 1. The van der Waals surface area contributed by atoms with Crippen molar-refractivity contribution in [2.45, 2.75) is 31.2 Å². The number of hydrogen-bond donors (Lipinski definition) is 1. The normalized spacial score (nSPS) is 16.9. The maximum atomic E-state index is 11.7. The van der Waals surface area contributed by atoms with Gasteiger partial charge in [0.1, 0.15) is 0 Å². The molecule has 0 bridgehead atoms. The van der Waals surface area contributed by atoms with E-state index in [-0.39, 0.29) is 17.5 Å². The SMILES string of the molecule is FC(F)(F)SCCNCCC1=CCCC1. The number of rotatable bonds is 6. The van der Waals surface area contributed by atoms with Gasteiger partial charge in [0.25, 0.3) is 0 Å². The van der Waals surface area contributed by atoms with E-state index in [2.05, 4.69) is 11.4 Å². The van der Waals surface area contributed by atoms with Crippen LogP contribution in [0.2, 0.25) is 0 Å². The standard InChI is InChI=1S/C10H16F3NS/c11-10(12,13)15-8-7-14-6-5-9-3-1-2-4-9/h3,14H,1-2,4-8H2. The second kappa shape index (κ2) is 6.43. The van der Waals surface area contributed by atoms with Crippen molar-refractivity contribution in [2.24, 2.45) is 0 Å².